The second-order valence-electron chi connectivity index (χ2n) is 5.55. The molecule has 23 heavy (non-hydrogen) atoms. The highest BCUT2D eigenvalue weighted by Crippen LogP contribution is 2.32. The van der Waals surface area contributed by atoms with Gasteiger partial charge >= 0.3 is 5.97 Å². The quantitative estimate of drug-likeness (QED) is 0.645. The van der Waals surface area contributed by atoms with Gasteiger partial charge in [-0.2, -0.15) is 0 Å². The SMILES string of the molecule is CCS(=O)(=O)NCc1ccc(C(=O)NC(C(=O)O)C2CC2)cc1. The van der Waals surface area contributed by atoms with Gasteiger partial charge in [-0.05, 0) is 43.4 Å². The molecule has 1 aromatic rings. The zero-order chi connectivity index (χ0) is 17.0. The lowest BCUT2D eigenvalue weighted by molar-refractivity contribution is -0.139. The first kappa shape index (κ1) is 17.4. The Morgan fingerprint density at radius 2 is 1.87 bits per heavy atom. The van der Waals surface area contributed by atoms with Crippen LogP contribution in [0.1, 0.15) is 35.7 Å². The van der Waals surface area contributed by atoms with E-state index in [9.17, 15) is 18.0 Å². The fourth-order valence-electron chi connectivity index (χ4n) is 2.10. The van der Waals surface area contributed by atoms with Gasteiger partial charge in [0.1, 0.15) is 6.04 Å². The molecule has 126 valence electrons. The van der Waals surface area contributed by atoms with Crippen LogP contribution >= 0.6 is 0 Å². The molecular weight excluding hydrogens is 320 g/mol. The molecule has 1 aliphatic carbocycles. The number of aliphatic carboxylic acids is 1. The molecule has 1 aromatic carbocycles. The standard InChI is InChI=1S/C15H20N2O5S/c1-2-23(21,22)16-9-10-3-5-12(6-4-10)14(18)17-13(15(19)20)11-7-8-11/h3-6,11,13,16H,2,7-9H2,1H3,(H,17,18)(H,19,20). The van der Waals surface area contributed by atoms with E-state index in [1.54, 1.807) is 31.2 Å². The van der Waals surface area contributed by atoms with Gasteiger partial charge in [-0.1, -0.05) is 12.1 Å². The third-order valence-electron chi connectivity index (χ3n) is 3.74. The molecule has 1 aliphatic rings. The second kappa shape index (κ2) is 7.10. The van der Waals surface area contributed by atoms with Crippen molar-refractivity contribution >= 4 is 21.9 Å². The first-order valence-corrected chi connectivity index (χ1v) is 9.07. The highest BCUT2D eigenvalue weighted by atomic mass is 32.2. The van der Waals surface area contributed by atoms with Gasteiger partial charge in [0.25, 0.3) is 5.91 Å². The molecule has 2 rings (SSSR count). The van der Waals surface area contributed by atoms with E-state index in [0.717, 1.165) is 18.4 Å². The van der Waals surface area contributed by atoms with Crippen LogP contribution in [-0.2, 0) is 21.4 Å². The van der Waals surface area contributed by atoms with E-state index in [4.69, 9.17) is 5.11 Å². The lowest BCUT2D eigenvalue weighted by atomic mass is 10.1. The number of carboxylic acid groups (broad SMARTS) is 1. The zero-order valence-electron chi connectivity index (χ0n) is 12.8. The number of carbonyl (C=O) groups excluding carboxylic acids is 1. The molecule has 0 aromatic heterocycles. The summed E-state index contributed by atoms with van der Waals surface area (Å²) in [6.07, 6.45) is 1.63. The summed E-state index contributed by atoms with van der Waals surface area (Å²) in [6, 6.07) is 5.53. The minimum absolute atomic E-state index is 0.00519. The predicted molar refractivity (Wildman–Crippen MR) is 84.4 cm³/mol. The fraction of sp³-hybridized carbons (Fsp3) is 0.467. The van der Waals surface area contributed by atoms with Gasteiger partial charge < -0.3 is 10.4 Å². The lowest BCUT2D eigenvalue weighted by Crippen LogP contribution is -2.42. The molecule has 0 radical (unpaired) electrons. The number of hydrogen-bond donors (Lipinski definition) is 3. The third kappa shape index (κ3) is 5.04. The van der Waals surface area contributed by atoms with E-state index in [-0.39, 0.29) is 18.2 Å². The average molecular weight is 340 g/mol. The number of carbonyl (C=O) groups is 2. The van der Waals surface area contributed by atoms with Crippen molar-refractivity contribution in [2.24, 2.45) is 5.92 Å². The average Bonchev–Trinajstić information content (AvgIpc) is 3.35. The van der Waals surface area contributed by atoms with Crippen molar-refractivity contribution in [1.82, 2.24) is 10.0 Å². The topological polar surface area (TPSA) is 113 Å². The normalized spacial score (nSPS) is 15.9. The van der Waals surface area contributed by atoms with Crippen molar-refractivity contribution in [3.05, 3.63) is 35.4 Å². The fourth-order valence-corrected chi connectivity index (χ4v) is 2.70. The van der Waals surface area contributed by atoms with Crippen LogP contribution in [0.3, 0.4) is 0 Å². The molecule has 8 heteroatoms. The molecule has 0 bridgehead atoms. The number of hydrogen-bond acceptors (Lipinski definition) is 4. The van der Waals surface area contributed by atoms with Crippen LogP contribution in [0.2, 0.25) is 0 Å². The van der Waals surface area contributed by atoms with E-state index in [2.05, 4.69) is 10.0 Å². The number of carboxylic acids is 1. The maximum atomic E-state index is 12.1. The molecular formula is C15H20N2O5S. The Hall–Kier alpha value is -1.93. The second-order valence-corrected chi connectivity index (χ2v) is 7.64. The van der Waals surface area contributed by atoms with Gasteiger partial charge in [-0.3, -0.25) is 4.79 Å². The highest BCUT2D eigenvalue weighted by Gasteiger charge is 2.37. The molecule has 0 spiro atoms. The number of amides is 1. The Morgan fingerprint density at radius 1 is 1.26 bits per heavy atom. The zero-order valence-corrected chi connectivity index (χ0v) is 13.6. The molecule has 1 unspecified atom stereocenters. The number of sulfonamides is 1. The predicted octanol–water partition coefficient (Wildman–Crippen LogP) is 0.719. The summed E-state index contributed by atoms with van der Waals surface area (Å²) >= 11 is 0. The Morgan fingerprint density at radius 3 is 2.35 bits per heavy atom. The van der Waals surface area contributed by atoms with E-state index in [0.29, 0.717) is 5.56 Å². The van der Waals surface area contributed by atoms with Crippen LogP contribution < -0.4 is 10.0 Å². The van der Waals surface area contributed by atoms with Crippen molar-refractivity contribution in [2.45, 2.75) is 32.4 Å². The first-order valence-electron chi connectivity index (χ1n) is 7.42. The molecule has 1 saturated carbocycles. The third-order valence-corrected chi connectivity index (χ3v) is 5.08. The highest BCUT2D eigenvalue weighted by molar-refractivity contribution is 7.89. The largest absolute Gasteiger partial charge is 0.480 e. The van der Waals surface area contributed by atoms with E-state index in [1.807, 2.05) is 0 Å². The van der Waals surface area contributed by atoms with Gasteiger partial charge in [0.15, 0.2) is 0 Å². The summed E-state index contributed by atoms with van der Waals surface area (Å²) in [6.45, 7) is 1.70. The van der Waals surface area contributed by atoms with Crippen molar-refractivity contribution in [3.63, 3.8) is 0 Å². The van der Waals surface area contributed by atoms with Crippen molar-refractivity contribution in [3.8, 4) is 0 Å². The van der Waals surface area contributed by atoms with Crippen LogP contribution in [0.25, 0.3) is 0 Å². The Kier molecular flexibility index (Phi) is 5.38. The minimum Gasteiger partial charge on any atom is -0.480 e. The first-order chi connectivity index (χ1) is 10.8. The van der Waals surface area contributed by atoms with Crippen LogP contribution in [0, 0.1) is 5.92 Å². The maximum absolute atomic E-state index is 12.1. The number of benzene rings is 1. The van der Waals surface area contributed by atoms with E-state index >= 15 is 0 Å². The summed E-state index contributed by atoms with van der Waals surface area (Å²) in [5.74, 6) is -1.44. The molecule has 0 aliphatic heterocycles. The van der Waals surface area contributed by atoms with E-state index in [1.165, 1.54) is 0 Å². The van der Waals surface area contributed by atoms with Crippen molar-refractivity contribution < 1.29 is 23.1 Å². The minimum atomic E-state index is -3.27. The molecule has 1 fully saturated rings. The maximum Gasteiger partial charge on any atom is 0.326 e. The van der Waals surface area contributed by atoms with Gasteiger partial charge in [0.05, 0.1) is 5.75 Å². The summed E-state index contributed by atoms with van der Waals surface area (Å²) in [5.41, 5.74) is 1.06. The Balaban J connectivity index is 1.95. The van der Waals surface area contributed by atoms with Crippen LogP contribution in [-0.4, -0.2) is 37.2 Å². The van der Waals surface area contributed by atoms with Crippen LogP contribution in [0.5, 0.6) is 0 Å². The summed E-state index contributed by atoms with van der Waals surface area (Å²) in [5, 5.41) is 11.6. The Labute approximate surface area is 135 Å². The summed E-state index contributed by atoms with van der Waals surface area (Å²) in [7, 11) is -3.27. The van der Waals surface area contributed by atoms with Gasteiger partial charge in [0.2, 0.25) is 10.0 Å². The molecule has 7 nitrogen and oxygen atoms in total. The van der Waals surface area contributed by atoms with Crippen molar-refractivity contribution in [1.29, 1.82) is 0 Å². The molecule has 0 heterocycles. The van der Waals surface area contributed by atoms with E-state index < -0.39 is 27.9 Å². The number of rotatable bonds is 8. The molecule has 1 atom stereocenters. The van der Waals surface area contributed by atoms with Gasteiger partial charge in [-0.25, -0.2) is 17.9 Å². The van der Waals surface area contributed by atoms with Crippen molar-refractivity contribution in [2.75, 3.05) is 5.75 Å². The van der Waals surface area contributed by atoms with Gasteiger partial charge in [-0.15, -0.1) is 0 Å². The summed E-state index contributed by atoms with van der Waals surface area (Å²) in [4.78, 5) is 23.2. The Bertz CT molecular complexity index is 680. The van der Waals surface area contributed by atoms with Gasteiger partial charge in [0, 0.05) is 12.1 Å². The smallest absolute Gasteiger partial charge is 0.326 e. The summed E-state index contributed by atoms with van der Waals surface area (Å²) < 4.78 is 25.2. The molecule has 0 saturated heterocycles. The lowest BCUT2D eigenvalue weighted by Gasteiger charge is -2.13. The molecule has 1 amide bonds. The number of nitrogens with one attached hydrogen (secondary N) is 2. The molecule has 3 N–H and O–H groups in total. The van der Waals surface area contributed by atoms with Crippen LogP contribution in [0.15, 0.2) is 24.3 Å². The van der Waals surface area contributed by atoms with Crippen LogP contribution in [0.4, 0.5) is 0 Å². The monoisotopic (exact) mass is 340 g/mol.